The molecule has 0 aromatic carbocycles. The van der Waals surface area contributed by atoms with Crippen LogP contribution in [-0.4, -0.2) is 43.5 Å². The number of cyclic esters (lactones) is 1. The van der Waals surface area contributed by atoms with Gasteiger partial charge in [0.2, 0.25) is 0 Å². The van der Waals surface area contributed by atoms with E-state index in [4.69, 9.17) is 16.3 Å². The normalized spacial score (nSPS) is 27.0. The Kier molecular flexibility index (Phi) is 2.88. The summed E-state index contributed by atoms with van der Waals surface area (Å²) in [5.41, 5.74) is 0.384. The zero-order valence-electron chi connectivity index (χ0n) is 12.5. The molecule has 0 bridgehead atoms. The number of carbonyl (C=O) groups excluding carboxylic acids is 1. The predicted octanol–water partition coefficient (Wildman–Crippen LogP) is 2.86. The Morgan fingerprint density at radius 3 is 3.00 bits per heavy atom. The Morgan fingerprint density at radius 1 is 1.36 bits per heavy atom. The first-order chi connectivity index (χ1) is 10.5. The summed E-state index contributed by atoms with van der Waals surface area (Å²) in [5.74, 6) is 1.11. The van der Waals surface area contributed by atoms with E-state index in [0.29, 0.717) is 11.7 Å². The fourth-order valence-electron chi connectivity index (χ4n) is 3.68. The average Bonchev–Trinajstić information content (AvgIpc) is 3.00. The standard InChI is InChI=1S/C15H17ClN4O2/c1-15(2)11-4-3-9(8-20(11)14(21)22-15)13-18-7-10-12(16)17-5-6-19(10)13/h5-7,9,11H,3-4,8H2,1-2H3/t9-,11+/m1/s1. The smallest absolute Gasteiger partial charge is 0.410 e. The van der Waals surface area contributed by atoms with Gasteiger partial charge in [0.05, 0.1) is 12.2 Å². The van der Waals surface area contributed by atoms with E-state index in [1.54, 1.807) is 12.4 Å². The third-order valence-corrected chi connectivity index (χ3v) is 5.07. The summed E-state index contributed by atoms with van der Waals surface area (Å²) in [4.78, 5) is 22.5. The van der Waals surface area contributed by atoms with Crippen molar-refractivity contribution in [1.29, 1.82) is 0 Å². The maximum atomic E-state index is 12.1. The maximum Gasteiger partial charge on any atom is 0.410 e. The van der Waals surface area contributed by atoms with Crippen LogP contribution in [0.1, 0.15) is 38.4 Å². The van der Waals surface area contributed by atoms with E-state index in [0.717, 1.165) is 24.2 Å². The minimum atomic E-state index is -0.413. The molecule has 2 fully saturated rings. The molecular weight excluding hydrogens is 304 g/mol. The van der Waals surface area contributed by atoms with Crippen LogP contribution in [0.3, 0.4) is 0 Å². The number of aromatic nitrogens is 3. The van der Waals surface area contributed by atoms with Crippen LogP contribution in [0.25, 0.3) is 5.52 Å². The van der Waals surface area contributed by atoms with E-state index in [1.165, 1.54) is 0 Å². The number of carbonyl (C=O) groups is 1. The number of imidazole rings is 1. The van der Waals surface area contributed by atoms with Gasteiger partial charge in [0.1, 0.15) is 16.9 Å². The minimum Gasteiger partial charge on any atom is -0.441 e. The van der Waals surface area contributed by atoms with Crippen molar-refractivity contribution in [3.8, 4) is 0 Å². The molecule has 7 heteroatoms. The molecule has 4 rings (SSSR count). The van der Waals surface area contributed by atoms with Crippen LogP contribution < -0.4 is 0 Å². The van der Waals surface area contributed by atoms with Crippen molar-refractivity contribution in [2.24, 2.45) is 0 Å². The summed E-state index contributed by atoms with van der Waals surface area (Å²) in [7, 11) is 0. The van der Waals surface area contributed by atoms with Gasteiger partial charge in [0.25, 0.3) is 0 Å². The van der Waals surface area contributed by atoms with Crippen molar-refractivity contribution in [1.82, 2.24) is 19.3 Å². The van der Waals surface area contributed by atoms with Gasteiger partial charge < -0.3 is 9.64 Å². The number of amides is 1. The van der Waals surface area contributed by atoms with Gasteiger partial charge in [-0.1, -0.05) is 11.6 Å². The van der Waals surface area contributed by atoms with E-state index >= 15 is 0 Å². The summed E-state index contributed by atoms with van der Waals surface area (Å²) < 4.78 is 7.46. The van der Waals surface area contributed by atoms with E-state index in [1.807, 2.05) is 29.3 Å². The van der Waals surface area contributed by atoms with E-state index in [9.17, 15) is 4.79 Å². The van der Waals surface area contributed by atoms with Crippen LogP contribution in [0.5, 0.6) is 0 Å². The molecule has 6 nitrogen and oxygen atoms in total. The number of piperidine rings is 1. The Labute approximate surface area is 133 Å². The molecule has 0 unspecified atom stereocenters. The van der Waals surface area contributed by atoms with E-state index < -0.39 is 5.60 Å². The SMILES string of the molecule is CC1(C)OC(=O)N2C[C@H](c3ncc4c(Cl)nccn34)CC[C@H]21. The van der Waals surface area contributed by atoms with E-state index in [-0.39, 0.29) is 18.1 Å². The summed E-state index contributed by atoms with van der Waals surface area (Å²) in [6, 6.07) is 0.146. The van der Waals surface area contributed by atoms with Crippen LogP contribution in [0.4, 0.5) is 4.79 Å². The first-order valence-electron chi connectivity index (χ1n) is 7.44. The molecule has 2 aliphatic heterocycles. The summed E-state index contributed by atoms with van der Waals surface area (Å²) >= 11 is 6.10. The number of hydrogen-bond donors (Lipinski definition) is 0. The van der Waals surface area contributed by atoms with Gasteiger partial charge >= 0.3 is 6.09 Å². The van der Waals surface area contributed by atoms with Crippen LogP contribution in [0.15, 0.2) is 18.6 Å². The number of halogens is 1. The van der Waals surface area contributed by atoms with E-state index in [2.05, 4.69) is 9.97 Å². The molecule has 4 heterocycles. The molecule has 0 N–H and O–H groups in total. The van der Waals surface area contributed by atoms with Gasteiger partial charge in [-0.05, 0) is 26.7 Å². The first-order valence-corrected chi connectivity index (χ1v) is 7.82. The van der Waals surface area contributed by atoms with Gasteiger partial charge in [-0.2, -0.15) is 0 Å². The Bertz CT molecular complexity index is 757. The van der Waals surface area contributed by atoms with Gasteiger partial charge in [0.15, 0.2) is 5.15 Å². The van der Waals surface area contributed by atoms with Gasteiger partial charge in [-0.3, -0.25) is 4.40 Å². The van der Waals surface area contributed by atoms with Crippen molar-refractivity contribution in [2.75, 3.05) is 6.54 Å². The van der Waals surface area contributed by atoms with Crippen molar-refractivity contribution < 1.29 is 9.53 Å². The van der Waals surface area contributed by atoms with Gasteiger partial charge in [-0.25, -0.2) is 14.8 Å². The van der Waals surface area contributed by atoms with Crippen molar-refractivity contribution in [2.45, 2.75) is 44.2 Å². The maximum absolute atomic E-state index is 12.1. The lowest BCUT2D eigenvalue weighted by molar-refractivity contribution is 0.0612. The van der Waals surface area contributed by atoms with Crippen LogP contribution in [-0.2, 0) is 4.74 Å². The molecule has 2 aromatic heterocycles. The second-order valence-corrected chi connectivity index (χ2v) is 6.86. The lowest BCUT2D eigenvalue weighted by Gasteiger charge is -2.36. The molecule has 0 aliphatic carbocycles. The lowest BCUT2D eigenvalue weighted by Crippen LogP contribution is -2.46. The highest BCUT2D eigenvalue weighted by Crippen LogP contribution is 2.40. The Balaban J connectivity index is 1.67. The highest BCUT2D eigenvalue weighted by molar-refractivity contribution is 6.32. The molecule has 0 spiro atoms. The fourth-order valence-corrected chi connectivity index (χ4v) is 3.87. The second kappa shape index (κ2) is 4.59. The predicted molar refractivity (Wildman–Crippen MR) is 81.0 cm³/mol. The van der Waals surface area contributed by atoms with Gasteiger partial charge in [0, 0.05) is 24.9 Å². The van der Waals surface area contributed by atoms with Crippen LogP contribution >= 0.6 is 11.6 Å². The molecule has 2 atom stereocenters. The Hall–Kier alpha value is -1.82. The molecule has 0 saturated carbocycles. The third kappa shape index (κ3) is 1.90. The van der Waals surface area contributed by atoms with Crippen LogP contribution in [0.2, 0.25) is 5.15 Å². The quantitative estimate of drug-likeness (QED) is 0.810. The van der Waals surface area contributed by atoms with Crippen molar-refractivity contribution >= 4 is 23.2 Å². The summed E-state index contributed by atoms with van der Waals surface area (Å²) in [6.45, 7) is 4.59. The number of hydrogen-bond acceptors (Lipinski definition) is 4. The molecule has 2 aliphatic rings. The number of ether oxygens (including phenoxy) is 1. The average molecular weight is 321 g/mol. The molecule has 22 heavy (non-hydrogen) atoms. The monoisotopic (exact) mass is 320 g/mol. The third-order valence-electron chi connectivity index (χ3n) is 4.77. The largest absolute Gasteiger partial charge is 0.441 e. The highest BCUT2D eigenvalue weighted by Gasteiger charge is 2.50. The molecule has 2 saturated heterocycles. The summed E-state index contributed by atoms with van der Waals surface area (Å²) in [5, 5.41) is 0.441. The van der Waals surface area contributed by atoms with Crippen molar-refractivity contribution in [3.05, 3.63) is 29.6 Å². The Morgan fingerprint density at radius 2 is 2.18 bits per heavy atom. The zero-order valence-corrected chi connectivity index (χ0v) is 13.2. The number of rotatable bonds is 1. The number of fused-ring (bicyclic) bond motifs is 2. The minimum absolute atomic E-state index is 0.146. The molecule has 2 aromatic rings. The summed E-state index contributed by atoms with van der Waals surface area (Å²) in [6.07, 6.45) is 6.93. The molecule has 1 amide bonds. The molecule has 0 radical (unpaired) electrons. The van der Waals surface area contributed by atoms with Crippen LogP contribution in [0, 0.1) is 0 Å². The van der Waals surface area contributed by atoms with Crippen molar-refractivity contribution in [3.63, 3.8) is 0 Å². The molecular formula is C15H17ClN4O2. The van der Waals surface area contributed by atoms with Gasteiger partial charge in [-0.15, -0.1) is 0 Å². The zero-order chi connectivity index (χ0) is 15.5. The topological polar surface area (TPSA) is 59.7 Å². The fraction of sp³-hybridized carbons (Fsp3) is 0.533. The molecule has 116 valence electrons. The number of nitrogens with zero attached hydrogens (tertiary/aromatic N) is 4. The highest BCUT2D eigenvalue weighted by atomic mass is 35.5. The lowest BCUT2D eigenvalue weighted by atomic mass is 9.86. The first kappa shape index (κ1) is 13.8. The second-order valence-electron chi connectivity index (χ2n) is 6.50.